The number of nitrogens with zero attached hydrogens (tertiary/aromatic N) is 2. The average Bonchev–Trinajstić information content (AvgIpc) is 2.69. The Morgan fingerprint density at radius 3 is 2.59 bits per heavy atom. The molecule has 2 fully saturated rings. The molecule has 160 valence electrons. The molecule has 0 radical (unpaired) electrons. The van der Waals surface area contributed by atoms with E-state index in [2.05, 4.69) is 27.4 Å². The summed E-state index contributed by atoms with van der Waals surface area (Å²) in [5.74, 6) is 0.141. The monoisotopic (exact) mass is 404 g/mol. The number of hydrogen-bond acceptors (Lipinski definition) is 4. The predicted molar refractivity (Wildman–Crippen MR) is 112 cm³/mol. The molecule has 3 atom stereocenters. The molecule has 29 heavy (non-hydrogen) atoms. The van der Waals surface area contributed by atoms with Crippen LogP contribution in [0.1, 0.15) is 39.5 Å². The van der Waals surface area contributed by atoms with Gasteiger partial charge in [0.15, 0.2) is 0 Å². The summed E-state index contributed by atoms with van der Waals surface area (Å²) < 4.78 is 13.2. The third kappa shape index (κ3) is 6.24. The summed E-state index contributed by atoms with van der Waals surface area (Å²) in [6.07, 6.45) is 4.72. The van der Waals surface area contributed by atoms with Crippen molar-refractivity contribution in [1.29, 1.82) is 0 Å². The zero-order valence-electron chi connectivity index (χ0n) is 17.5. The van der Waals surface area contributed by atoms with E-state index >= 15 is 0 Å². The number of nitrogens with one attached hydrogen (secondary N) is 2. The van der Waals surface area contributed by atoms with Crippen LogP contribution in [0.25, 0.3) is 0 Å². The molecule has 2 N–H and O–H groups in total. The molecular formula is C22H33FN4O2. The van der Waals surface area contributed by atoms with Gasteiger partial charge in [-0.05, 0) is 43.9 Å². The number of anilines is 1. The van der Waals surface area contributed by atoms with Gasteiger partial charge in [0.1, 0.15) is 5.82 Å². The Balaban J connectivity index is 1.41. The second kappa shape index (κ2) is 10.2. The van der Waals surface area contributed by atoms with Gasteiger partial charge in [0.25, 0.3) is 0 Å². The third-order valence-electron chi connectivity index (χ3n) is 6.25. The summed E-state index contributed by atoms with van der Waals surface area (Å²) in [7, 11) is 0. The van der Waals surface area contributed by atoms with Gasteiger partial charge in [0, 0.05) is 37.9 Å². The van der Waals surface area contributed by atoms with E-state index in [4.69, 9.17) is 0 Å². The van der Waals surface area contributed by atoms with Gasteiger partial charge in [-0.25, -0.2) is 4.39 Å². The highest BCUT2D eigenvalue weighted by atomic mass is 19.1. The molecule has 1 heterocycles. The maximum Gasteiger partial charge on any atom is 0.238 e. The van der Waals surface area contributed by atoms with E-state index in [1.165, 1.54) is 31.4 Å². The smallest absolute Gasteiger partial charge is 0.238 e. The second-order valence-electron chi connectivity index (χ2n) is 8.42. The van der Waals surface area contributed by atoms with Crippen LogP contribution in [0.15, 0.2) is 24.3 Å². The van der Waals surface area contributed by atoms with Gasteiger partial charge in [0.2, 0.25) is 11.8 Å². The normalized spacial score (nSPS) is 24.7. The quantitative estimate of drug-likeness (QED) is 0.765. The highest BCUT2D eigenvalue weighted by Crippen LogP contribution is 2.24. The Morgan fingerprint density at radius 2 is 1.90 bits per heavy atom. The van der Waals surface area contributed by atoms with Crippen LogP contribution in [0, 0.1) is 11.7 Å². The molecule has 1 aliphatic heterocycles. The second-order valence-corrected chi connectivity index (χ2v) is 8.42. The molecule has 0 aromatic heterocycles. The number of benzene rings is 1. The number of hydrogen-bond donors (Lipinski definition) is 2. The van der Waals surface area contributed by atoms with Crippen LogP contribution in [-0.4, -0.2) is 66.4 Å². The van der Waals surface area contributed by atoms with E-state index in [0.29, 0.717) is 17.6 Å². The highest BCUT2D eigenvalue weighted by molar-refractivity contribution is 5.92. The SMILES string of the molecule is C[C@H](C(=O)N[C@H]1CCCC[C@@H]1C)N1CCN(CC(=O)Nc2cccc(F)c2)CC1. The largest absolute Gasteiger partial charge is 0.352 e. The van der Waals surface area contributed by atoms with Crippen molar-refractivity contribution in [3.8, 4) is 0 Å². The minimum absolute atomic E-state index is 0.112. The van der Waals surface area contributed by atoms with Crippen molar-refractivity contribution >= 4 is 17.5 Å². The summed E-state index contributed by atoms with van der Waals surface area (Å²) in [6.45, 7) is 7.42. The molecular weight excluding hydrogens is 371 g/mol. The summed E-state index contributed by atoms with van der Waals surface area (Å²) >= 11 is 0. The Morgan fingerprint density at radius 1 is 1.17 bits per heavy atom. The van der Waals surface area contributed by atoms with Crippen LogP contribution >= 0.6 is 0 Å². The molecule has 3 rings (SSSR count). The Hall–Kier alpha value is -1.99. The van der Waals surface area contributed by atoms with Crippen molar-refractivity contribution in [3.05, 3.63) is 30.1 Å². The Bertz CT molecular complexity index is 706. The third-order valence-corrected chi connectivity index (χ3v) is 6.25. The lowest BCUT2D eigenvalue weighted by molar-refractivity contribution is -0.128. The molecule has 0 spiro atoms. The maximum atomic E-state index is 13.2. The first-order chi connectivity index (χ1) is 13.9. The topological polar surface area (TPSA) is 64.7 Å². The number of rotatable bonds is 6. The molecule has 1 saturated carbocycles. The first-order valence-electron chi connectivity index (χ1n) is 10.7. The van der Waals surface area contributed by atoms with Gasteiger partial charge in [-0.3, -0.25) is 19.4 Å². The zero-order valence-corrected chi connectivity index (χ0v) is 17.5. The Kier molecular flexibility index (Phi) is 7.61. The molecule has 1 aromatic carbocycles. The first kappa shape index (κ1) is 21.7. The minimum Gasteiger partial charge on any atom is -0.352 e. The van der Waals surface area contributed by atoms with Crippen molar-refractivity contribution in [3.63, 3.8) is 0 Å². The minimum atomic E-state index is -0.369. The van der Waals surface area contributed by atoms with Crippen LogP contribution in [0.5, 0.6) is 0 Å². The molecule has 0 unspecified atom stereocenters. The van der Waals surface area contributed by atoms with E-state index in [9.17, 15) is 14.0 Å². The molecule has 2 amide bonds. The average molecular weight is 405 g/mol. The number of amides is 2. The first-order valence-corrected chi connectivity index (χ1v) is 10.7. The molecule has 0 bridgehead atoms. The van der Waals surface area contributed by atoms with Gasteiger partial charge in [-0.15, -0.1) is 0 Å². The van der Waals surface area contributed by atoms with Crippen molar-refractivity contribution in [2.45, 2.75) is 51.6 Å². The lowest BCUT2D eigenvalue weighted by Crippen LogP contribution is -2.56. The molecule has 6 nitrogen and oxygen atoms in total. The van der Waals surface area contributed by atoms with Crippen molar-refractivity contribution < 1.29 is 14.0 Å². The standard InChI is InChI=1S/C22H33FN4O2/c1-16-6-3-4-9-20(16)25-22(29)17(2)27-12-10-26(11-13-27)15-21(28)24-19-8-5-7-18(23)14-19/h5,7-8,14,16-17,20H,3-4,6,9-13,15H2,1-2H3,(H,24,28)(H,25,29)/t16-,17+,20-/m0/s1. The van der Waals surface area contributed by atoms with Crippen molar-refractivity contribution in [2.24, 2.45) is 5.92 Å². The Labute approximate surface area is 172 Å². The summed E-state index contributed by atoms with van der Waals surface area (Å²) in [5, 5.41) is 5.99. The fourth-order valence-electron chi connectivity index (χ4n) is 4.28. The molecule has 7 heteroatoms. The van der Waals surface area contributed by atoms with E-state index in [0.717, 1.165) is 32.6 Å². The van der Waals surface area contributed by atoms with E-state index in [1.54, 1.807) is 12.1 Å². The number of piperazine rings is 1. The number of carbonyl (C=O) groups is 2. The van der Waals surface area contributed by atoms with Gasteiger partial charge >= 0.3 is 0 Å². The van der Waals surface area contributed by atoms with Crippen LogP contribution in [0.2, 0.25) is 0 Å². The van der Waals surface area contributed by atoms with Crippen LogP contribution in [0.3, 0.4) is 0 Å². The lowest BCUT2D eigenvalue weighted by atomic mass is 9.86. The van der Waals surface area contributed by atoms with Gasteiger partial charge < -0.3 is 10.6 Å². The molecule has 1 aliphatic carbocycles. The molecule has 1 aromatic rings. The van der Waals surface area contributed by atoms with Crippen molar-refractivity contribution in [2.75, 3.05) is 38.0 Å². The number of carbonyl (C=O) groups excluding carboxylic acids is 2. The van der Waals surface area contributed by atoms with Crippen LogP contribution in [0.4, 0.5) is 10.1 Å². The molecule has 2 aliphatic rings. The highest BCUT2D eigenvalue weighted by Gasteiger charge is 2.29. The van der Waals surface area contributed by atoms with Crippen LogP contribution in [-0.2, 0) is 9.59 Å². The van der Waals surface area contributed by atoms with Crippen LogP contribution < -0.4 is 10.6 Å². The predicted octanol–water partition coefficient (Wildman–Crippen LogP) is 2.47. The van der Waals surface area contributed by atoms with Gasteiger partial charge in [-0.2, -0.15) is 0 Å². The summed E-state index contributed by atoms with van der Waals surface area (Å²) in [4.78, 5) is 29.2. The van der Waals surface area contributed by atoms with Gasteiger partial charge in [-0.1, -0.05) is 25.8 Å². The fraction of sp³-hybridized carbons (Fsp3) is 0.636. The van der Waals surface area contributed by atoms with E-state index < -0.39 is 0 Å². The number of halogens is 1. The maximum absolute atomic E-state index is 13.2. The fourth-order valence-corrected chi connectivity index (χ4v) is 4.28. The molecule has 1 saturated heterocycles. The van der Waals surface area contributed by atoms with E-state index in [-0.39, 0.29) is 30.2 Å². The summed E-state index contributed by atoms with van der Waals surface area (Å²) in [6, 6.07) is 6.04. The zero-order chi connectivity index (χ0) is 20.8. The summed E-state index contributed by atoms with van der Waals surface area (Å²) in [5.41, 5.74) is 0.468. The van der Waals surface area contributed by atoms with Gasteiger partial charge in [0.05, 0.1) is 12.6 Å². The van der Waals surface area contributed by atoms with E-state index in [1.807, 2.05) is 6.92 Å². The lowest BCUT2D eigenvalue weighted by Gasteiger charge is -2.38. The van der Waals surface area contributed by atoms with Crippen molar-refractivity contribution in [1.82, 2.24) is 15.1 Å².